The van der Waals surface area contributed by atoms with Gasteiger partial charge in [-0.2, -0.15) is 0 Å². The van der Waals surface area contributed by atoms with Crippen molar-refractivity contribution in [1.29, 1.82) is 0 Å². The molecule has 1 aliphatic rings. The summed E-state index contributed by atoms with van der Waals surface area (Å²) in [7, 11) is 5.85. The third-order valence-electron chi connectivity index (χ3n) is 3.59. The molecular weight excluding hydrogens is 249 g/mol. The van der Waals surface area contributed by atoms with Crippen LogP contribution in [0.5, 0.6) is 0 Å². The highest BCUT2D eigenvalue weighted by Crippen LogP contribution is 2.35. The number of nitrogens with zero attached hydrogens (tertiary/aromatic N) is 1. The van der Waals surface area contributed by atoms with Crippen molar-refractivity contribution in [2.24, 2.45) is 0 Å². The van der Waals surface area contributed by atoms with Gasteiger partial charge in [0.05, 0.1) is 17.8 Å². The van der Waals surface area contributed by atoms with Crippen LogP contribution >= 0.6 is 0 Å². The Bertz CT molecular complexity index is 853. The number of carbonyl (C=O) groups is 1. The van der Waals surface area contributed by atoms with Crippen LogP contribution in [-0.2, 0) is 11.2 Å². The standard InChI is InChI=1S/C15H10BN3O/c16-8-3-4-11-9(6-8)10-7-13(20)18-12-2-1-5-17-15(12)14(10)19-11/h1-6,19H,7H2,(H,18,20). The van der Waals surface area contributed by atoms with E-state index in [1.165, 1.54) is 0 Å². The predicted molar refractivity (Wildman–Crippen MR) is 79.3 cm³/mol. The molecule has 4 nitrogen and oxygen atoms in total. The van der Waals surface area contributed by atoms with Crippen LogP contribution < -0.4 is 10.8 Å². The van der Waals surface area contributed by atoms with E-state index in [0.717, 1.165) is 33.5 Å². The summed E-state index contributed by atoms with van der Waals surface area (Å²) in [4.78, 5) is 19.8. The maximum atomic E-state index is 12.1. The number of H-pyrrole nitrogens is 1. The lowest BCUT2D eigenvalue weighted by Crippen LogP contribution is -2.12. The summed E-state index contributed by atoms with van der Waals surface area (Å²) in [5, 5.41) is 3.86. The Morgan fingerprint density at radius 2 is 2.15 bits per heavy atom. The number of nitrogens with one attached hydrogen (secondary N) is 2. The van der Waals surface area contributed by atoms with Gasteiger partial charge in [0, 0.05) is 17.1 Å². The summed E-state index contributed by atoms with van der Waals surface area (Å²) >= 11 is 0. The molecule has 1 aliphatic heterocycles. The van der Waals surface area contributed by atoms with Gasteiger partial charge in [-0.25, -0.2) is 0 Å². The van der Waals surface area contributed by atoms with Crippen molar-refractivity contribution in [3.05, 3.63) is 42.1 Å². The highest BCUT2D eigenvalue weighted by atomic mass is 16.1. The quantitative estimate of drug-likeness (QED) is 0.601. The fourth-order valence-corrected chi connectivity index (χ4v) is 2.71. The number of aromatic amines is 1. The first-order chi connectivity index (χ1) is 9.72. The van der Waals surface area contributed by atoms with Crippen LogP contribution in [0.2, 0.25) is 0 Å². The topological polar surface area (TPSA) is 57.8 Å². The Balaban J connectivity index is 2.10. The fraction of sp³-hybridized carbons (Fsp3) is 0.0667. The van der Waals surface area contributed by atoms with Gasteiger partial charge >= 0.3 is 0 Å². The minimum atomic E-state index is -0.0404. The molecule has 0 aliphatic carbocycles. The van der Waals surface area contributed by atoms with E-state index in [0.29, 0.717) is 11.9 Å². The van der Waals surface area contributed by atoms with Gasteiger partial charge in [-0.3, -0.25) is 9.78 Å². The molecule has 0 bridgehead atoms. The van der Waals surface area contributed by atoms with Gasteiger partial charge < -0.3 is 10.3 Å². The number of pyridine rings is 1. The zero-order chi connectivity index (χ0) is 13.7. The third-order valence-corrected chi connectivity index (χ3v) is 3.59. The molecule has 5 heteroatoms. The number of benzene rings is 1. The molecule has 1 aromatic carbocycles. The van der Waals surface area contributed by atoms with E-state index in [4.69, 9.17) is 7.85 Å². The van der Waals surface area contributed by atoms with E-state index in [1.54, 1.807) is 6.20 Å². The molecular formula is C15H10BN3O. The number of fused-ring (bicyclic) bond motifs is 5. The van der Waals surface area contributed by atoms with Crippen molar-refractivity contribution in [2.45, 2.75) is 6.42 Å². The molecule has 0 unspecified atom stereocenters. The number of amides is 1. The lowest BCUT2D eigenvalue weighted by atomic mass is 9.93. The van der Waals surface area contributed by atoms with Gasteiger partial charge in [0.2, 0.25) is 5.91 Å². The second kappa shape index (κ2) is 3.97. The van der Waals surface area contributed by atoms with E-state index in [2.05, 4.69) is 15.3 Å². The third kappa shape index (κ3) is 1.56. The number of hydrogen-bond acceptors (Lipinski definition) is 2. The molecule has 4 rings (SSSR count). The maximum absolute atomic E-state index is 12.1. The Morgan fingerprint density at radius 3 is 3.05 bits per heavy atom. The zero-order valence-electron chi connectivity index (χ0n) is 10.6. The number of aromatic nitrogens is 2. The lowest BCUT2D eigenvalue weighted by molar-refractivity contribution is -0.115. The summed E-state index contributed by atoms with van der Waals surface area (Å²) in [5.41, 5.74) is 4.99. The number of hydrogen-bond donors (Lipinski definition) is 2. The minimum Gasteiger partial charge on any atom is -0.353 e. The van der Waals surface area contributed by atoms with E-state index < -0.39 is 0 Å². The molecule has 1 amide bonds. The molecule has 0 fully saturated rings. The second-order valence-electron chi connectivity index (χ2n) is 4.91. The molecule has 94 valence electrons. The summed E-state index contributed by atoms with van der Waals surface area (Å²) in [6.45, 7) is 0. The molecule has 2 radical (unpaired) electrons. The average Bonchev–Trinajstić information content (AvgIpc) is 2.70. The fourth-order valence-electron chi connectivity index (χ4n) is 2.71. The van der Waals surface area contributed by atoms with Crippen LogP contribution in [0, 0.1) is 0 Å². The van der Waals surface area contributed by atoms with Crippen molar-refractivity contribution < 1.29 is 4.79 Å². The first-order valence-corrected chi connectivity index (χ1v) is 6.38. The predicted octanol–water partition coefficient (Wildman–Crippen LogP) is 1.52. The Hall–Kier alpha value is -2.56. The van der Waals surface area contributed by atoms with E-state index in [-0.39, 0.29) is 5.91 Å². The van der Waals surface area contributed by atoms with Crippen molar-refractivity contribution in [3.8, 4) is 11.4 Å². The van der Waals surface area contributed by atoms with E-state index in [1.807, 2.05) is 30.3 Å². The molecule has 3 aromatic rings. The average molecular weight is 259 g/mol. The van der Waals surface area contributed by atoms with Gasteiger partial charge in [0.15, 0.2) is 0 Å². The lowest BCUT2D eigenvalue weighted by Gasteiger charge is -2.04. The van der Waals surface area contributed by atoms with Crippen LogP contribution in [0.25, 0.3) is 22.3 Å². The summed E-state index contributed by atoms with van der Waals surface area (Å²) in [5.74, 6) is -0.0404. The van der Waals surface area contributed by atoms with Crippen molar-refractivity contribution >= 4 is 35.8 Å². The summed E-state index contributed by atoms with van der Waals surface area (Å²) in [6, 6.07) is 9.34. The van der Waals surface area contributed by atoms with Crippen molar-refractivity contribution in [3.63, 3.8) is 0 Å². The summed E-state index contributed by atoms with van der Waals surface area (Å²) < 4.78 is 0. The Morgan fingerprint density at radius 1 is 1.25 bits per heavy atom. The molecule has 0 saturated heterocycles. The molecule has 2 aromatic heterocycles. The van der Waals surface area contributed by atoms with Crippen LogP contribution in [0.1, 0.15) is 5.56 Å². The molecule has 0 spiro atoms. The first kappa shape index (κ1) is 11.3. The Labute approximate surface area is 116 Å². The summed E-state index contributed by atoms with van der Waals surface area (Å²) in [6.07, 6.45) is 2.04. The van der Waals surface area contributed by atoms with Crippen LogP contribution in [0.3, 0.4) is 0 Å². The molecule has 0 atom stereocenters. The minimum absolute atomic E-state index is 0.0404. The normalized spacial score (nSPS) is 13.5. The molecule has 20 heavy (non-hydrogen) atoms. The van der Waals surface area contributed by atoms with Gasteiger partial charge in [0.25, 0.3) is 0 Å². The van der Waals surface area contributed by atoms with Gasteiger partial charge in [-0.15, -0.1) is 0 Å². The van der Waals surface area contributed by atoms with Crippen molar-refractivity contribution in [1.82, 2.24) is 9.97 Å². The highest BCUT2D eigenvalue weighted by Gasteiger charge is 2.23. The second-order valence-corrected chi connectivity index (χ2v) is 4.91. The SMILES string of the molecule is [B]c1ccc2[nH]c3c(c2c1)CC(=O)Nc1cccnc1-3. The van der Waals surface area contributed by atoms with Gasteiger partial charge in [-0.05, 0) is 23.8 Å². The molecule has 0 saturated carbocycles. The van der Waals surface area contributed by atoms with Crippen LogP contribution in [0.4, 0.5) is 5.69 Å². The largest absolute Gasteiger partial charge is 0.353 e. The molecule has 2 N–H and O–H groups in total. The molecule has 3 heterocycles. The van der Waals surface area contributed by atoms with Gasteiger partial charge in [0.1, 0.15) is 13.5 Å². The maximum Gasteiger partial charge on any atom is 0.228 e. The number of rotatable bonds is 0. The van der Waals surface area contributed by atoms with Crippen LogP contribution in [-0.4, -0.2) is 23.7 Å². The first-order valence-electron chi connectivity index (χ1n) is 6.38. The number of carbonyl (C=O) groups excluding carboxylic acids is 1. The van der Waals surface area contributed by atoms with Crippen molar-refractivity contribution in [2.75, 3.05) is 5.32 Å². The van der Waals surface area contributed by atoms with Crippen LogP contribution in [0.15, 0.2) is 36.5 Å². The smallest absolute Gasteiger partial charge is 0.228 e. The Kier molecular flexibility index (Phi) is 2.24. The number of anilines is 1. The highest BCUT2D eigenvalue weighted by molar-refractivity contribution is 6.33. The van der Waals surface area contributed by atoms with E-state index >= 15 is 0 Å². The van der Waals surface area contributed by atoms with E-state index in [9.17, 15) is 4.79 Å². The zero-order valence-corrected chi connectivity index (χ0v) is 10.6. The monoisotopic (exact) mass is 259 g/mol. The van der Waals surface area contributed by atoms with Gasteiger partial charge in [-0.1, -0.05) is 17.6 Å².